The van der Waals surface area contributed by atoms with Gasteiger partial charge in [-0.1, -0.05) is 24.3 Å². The van der Waals surface area contributed by atoms with E-state index in [4.69, 9.17) is 0 Å². The van der Waals surface area contributed by atoms with Crippen LogP contribution in [-0.4, -0.2) is 16.8 Å². The summed E-state index contributed by atoms with van der Waals surface area (Å²) >= 11 is 3.24. The molecule has 0 saturated heterocycles. The highest BCUT2D eigenvalue weighted by molar-refractivity contribution is 9.10. The standard InChI is InChI=1S/C20H16BrN3O3/c1-12-7-8-14(19(26)24-17-10-15(21)11-22-20(17)27)9-16(12)23-18(25)13-5-3-2-4-6-13/h2-11H,1H3,(H,22,27)(H,23,25)(H,24,26). The third-order valence-corrected chi connectivity index (χ3v) is 4.36. The van der Waals surface area contributed by atoms with Gasteiger partial charge < -0.3 is 15.6 Å². The number of hydrogen-bond acceptors (Lipinski definition) is 3. The van der Waals surface area contributed by atoms with Crippen LogP contribution in [0.25, 0.3) is 0 Å². The van der Waals surface area contributed by atoms with Crippen molar-refractivity contribution in [2.24, 2.45) is 0 Å². The molecule has 1 aromatic heterocycles. The molecule has 0 radical (unpaired) electrons. The van der Waals surface area contributed by atoms with Gasteiger partial charge in [0.2, 0.25) is 0 Å². The second kappa shape index (κ2) is 8.01. The van der Waals surface area contributed by atoms with E-state index >= 15 is 0 Å². The molecule has 0 aliphatic rings. The number of rotatable bonds is 4. The predicted octanol–water partition coefficient (Wildman–Crippen LogP) is 3.95. The molecular formula is C20H16BrN3O3. The number of halogens is 1. The molecule has 7 heteroatoms. The summed E-state index contributed by atoms with van der Waals surface area (Å²) in [4.78, 5) is 39.2. The maximum atomic E-state index is 12.5. The van der Waals surface area contributed by atoms with Crippen molar-refractivity contribution in [1.82, 2.24) is 4.98 Å². The number of H-pyrrole nitrogens is 1. The summed E-state index contributed by atoms with van der Waals surface area (Å²) in [6.07, 6.45) is 1.49. The lowest BCUT2D eigenvalue weighted by molar-refractivity contribution is 0.101. The third kappa shape index (κ3) is 4.51. The summed E-state index contributed by atoms with van der Waals surface area (Å²) in [5.74, 6) is -0.714. The van der Waals surface area contributed by atoms with E-state index in [2.05, 4.69) is 31.5 Å². The van der Waals surface area contributed by atoms with Gasteiger partial charge in [-0.05, 0) is 58.7 Å². The first-order valence-electron chi connectivity index (χ1n) is 8.10. The fourth-order valence-corrected chi connectivity index (χ4v) is 2.77. The van der Waals surface area contributed by atoms with Gasteiger partial charge in [-0.25, -0.2) is 0 Å². The number of anilines is 2. The van der Waals surface area contributed by atoms with Crippen LogP contribution in [0.15, 0.2) is 70.1 Å². The molecule has 0 aliphatic carbocycles. The highest BCUT2D eigenvalue weighted by atomic mass is 79.9. The van der Waals surface area contributed by atoms with Gasteiger partial charge in [-0.15, -0.1) is 0 Å². The van der Waals surface area contributed by atoms with Crippen LogP contribution in [0.1, 0.15) is 26.3 Å². The summed E-state index contributed by atoms with van der Waals surface area (Å²) in [6.45, 7) is 1.83. The molecule has 0 bridgehead atoms. The van der Waals surface area contributed by atoms with Crippen LogP contribution in [0.3, 0.4) is 0 Å². The summed E-state index contributed by atoms with van der Waals surface area (Å²) in [5, 5.41) is 5.39. The van der Waals surface area contributed by atoms with Crippen molar-refractivity contribution < 1.29 is 9.59 Å². The molecule has 0 atom stereocenters. The first kappa shape index (κ1) is 18.6. The molecule has 2 amide bonds. The van der Waals surface area contributed by atoms with Crippen LogP contribution >= 0.6 is 15.9 Å². The van der Waals surface area contributed by atoms with Gasteiger partial charge in [0, 0.05) is 27.5 Å². The number of hydrogen-bond donors (Lipinski definition) is 3. The minimum absolute atomic E-state index is 0.129. The summed E-state index contributed by atoms with van der Waals surface area (Å²) in [7, 11) is 0. The van der Waals surface area contributed by atoms with Gasteiger partial charge in [0.15, 0.2) is 0 Å². The average Bonchev–Trinajstić information content (AvgIpc) is 2.67. The van der Waals surface area contributed by atoms with E-state index in [0.717, 1.165) is 5.56 Å². The fourth-order valence-electron chi connectivity index (χ4n) is 2.43. The van der Waals surface area contributed by atoms with Crippen molar-refractivity contribution in [3.8, 4) is 0 Å². The number of carbonyl (C=O) groups excluding carboxylic acids is 2. The van der Waals surface area contributed by atoms with Crippen molar-refractivity contribution in [1.29, 1.82) is 0 Å². The molecule has 0 unspecified atom stereocenters. The van der Waals surface area contributed by atoms with E-state index in [9.17, 15) is 14.4 Å². The zero-order valence-electron chi connectivity index (χ0n) is 14.4. The zero-order valence-corrected chi connectivity index (χ0v) is 16.0. The molecule has 3 rings (SSSR count). The Bertz CT molecular complexity index is 1060. The summed E-state index contributed by atoms with van der Waals surface area (Å²) in [6, 6.07) is 15.3. The van der Waals surface area contributed by atoms with E-state index in [1.54, 1.807) is 42.5 Å². The Morgan fingerprint density at radius 3 is 2.30 bits per heavy atom. The number of pyridine rings is 1. The predicted molar refractivity (Wildman–Crippen MR) is 108 cm³/mol. The summed E-state index contributed by atoms with van der Waals surface area (Å²) in [5.41, 5.74) is 1.91. The number of carbonyl (C=O) groups is 2. The Morgan fingerprint density at radius 1 is 0.889 bits per heavy atom. The molecular weight excluding hydrogens is 410 g/mol. The molecule has 0 spiro atoms. The Morgan fingerprint density at radius 2 is 1.56 bits per heavy atom. The molecule has 0 saturated carbocycles. The summed E-state index contributed by atoms with van der Waals surface area (Å²) < 4.78 is 0.636. The Kier molecular flexibility index (Phi) is 5.52. The Hall–Kier alpha value is -3.19. The second-order valence-electron chi connectivity index (χ2n) is 5.86. The van der Waals surface area contributed by atoms with Gasteiger partial charge in [0.25, 0.3) is 17.4 Å². The van der Waals surface area contributed by atoms with Crippen LogP contribution in [0.2, 0.25) is 0 Å². The highest BCUT2D eigenvalue weighted by Crippen LogP contribution is 2.19. The number of aromatic nitrogens is 1. The number of benzene rings is 2. The number of nitrogens with one attached hydrogen (secondary N) is 3. The molecule has 3 aromatic rings. The van der Waals surface area contributed by atoms with Crippen molar-refractivity contribution in [3.05, 3.63) is 92.3 Å². The monoisotopic (exact) mass is 425 g/mol. The lowest BCUT2D eigenvalue weighted by Gasteiger charge is -2.11. The van der Waals surface area contributed by atoms with Gasteiger partial charge in [0.1, 0.15) is 5.69 Å². The van der Waals surface area contributed by atoms with Crippen LogP contribution < -0.4 is 16.2 Å². The SMILES string of the molecule is Cc1ccc(C(=O)Nc2cc(Br)c[nH]c2=O)cc1NC(=O)c1ccccc1. The fraction of sp³-hybridized carbons (Fsp3) is 0.0500. The van der Waals surface area contributed by atoms with Crippen molar-refractivity contribution in [2.75, 3.05) is 10.6 Å². The highest BCUT2D eigenvalue weighted by Gasteiger charge is 2.13. The lowest BCUT2D eigenvalue weighted by Crippen LogP contribution is -2.20. The van der Waals surface area contributed by atoms with Gasteiger partial charge in [-0.2, -0.15) is 0 Å². The zero-order chi connectivity index (χ0) is 19.4. The van der Waals surface area contributed by atoms with E-state index in [1.807, 2.05) is 13.0 Å². The van der Waals surface area contributed by atoms with Crippen molar-refractivity contribution in [2.45, 2.75) is 6.92 Å². The quantitative estimate of drug-likeness (QED) is 0.590. The largest absolute Gasteiger partial charge is 0.326 e. The van der Waals surface area contributed by atoms with Crippen LogP contribution in [-0.2, 0) is 0 Å². The van der Waals surface area contributed by atoms with E-state index in [0.29, 0.717) is 21.3 Å². The normalized spacial score (nSPS) is 10.3. The molecule has 2 aromatic carbocycles. The minimum atomic E-state index is -0.450. The van der Waals surface area contributed by atoms with Crippen LogP contribution in [0.4, 0.5) is 11.4 Å². The molecule has 0 aliphatic heterocycles. The number of aromatic amines is 1. The Balaban J connectivity index is 1.82. The number of aryl methyl sites for hydroxylation is 1. The lowest BCUT2D eigenvalue weighted by atomic mass is 10.1. The van der Waals surface area contributed by atoms with Crippen molar-refractivity contribution in [3.63, 3.8) is 0 Å². The second-order valence-corrected chi connectivity index (χ2v) is 6.78. The number of amides is 2. The minimum Gasteiger partial charge on any atom is -0.326 e. The van der Waals surface area contributed by atoms with Crippen LogP contribution in [0, 0.1) is 6.92 Å². The first-order valence-corrected chi connectivity index (χ1v) is 8.90. The van der Waals surface area contributed by atoms with Crippen molar-refractivity contribution >= 4 is 39.1 Å². The van der Waals surface area contributed by atoms with E-state index in [-0.39, 0.29) is 11.6 Å². The van der Waals surface area contributed by atoms with E-state index < -0.39 is 11.5 Å². The van der Waals surface area contributed by atoms with Gasteiger partial charge in [-0.3, -0.25) is 14.4 Å². The maximum Gasteiger partial charge on any atom is 0.271 e. The molecule has 27 heavy (non-hydrogen) atoms. The third-order valence-electron chi connectivity index (χ3n) is 3.90. The van der Waals surface area contributed by atoms with Crippen LogP contribution in [0.5, 0.6) is 0 Å². The van der Waals surface area contributed by atoms with Gasteiger partial charge >= 0.3 is 0 Å². The maximum absolute atomic E-state index is 12.5. The first-order chi connectivity index (χ1) is 12.9. The average molecular weight is 426 g/mol. The molecule has 0 fully saturated rings. The Labute approximate surface area is 163 Å². The molecule has 6 nitrogen and oxygen atoms in total. The smallest absolute Gasteiger partial charge is 0.271 e. The van der Waals surface area contributed by atoms with Gasteiger partial charge in [0.05, 0.1) is 0 Å². The molecule has 3 N–H and O–H groups in total. The molecule has 1 heterocycles. The molecule has 136 valence electrons. The topological polar surface area (TPSA) is 91.1 Å². The van der Waals surface area contributed by atoms with E-state index in [1.165, 1.54) is 12.3 Å².